The van der Waals surface area contributed by atoms with E-state index < -0.39 is 11.7 Å². The highest BCUT2D eigenvalue weighted by Gasteiger charge is 2.23. The molecule has 0 spiro atoms. The van der Waals surface area contributed by atoms with Gasteiger partial charge in [0.15, 0.2) is 0 Å². The third-order valence-corrected chi connectivity index (χ3v) is 5.32. The van der Waals surface area contributed by atoms with Crippen molar-refractivity contribution >= 4 is 34.4 Å². The molecule has 1 aliphatic rings. The van der Waals surface area contributed by atoms with Crippen molar-refractivity contribution in [1.29, 1.82) is 5.26 Å². The van der Waals surface area contributed by atoms with Crippen molar-refractivity contribution in [3.8, 4) is 6.07 Å². The average Bonchev–Trinajstić information content (AvgIpc) is 3.18. The lowest BCUT2D eigenvalue weighted by Gasteiger charge is -2.19. The van der Waals surface area contributed by atoms with E-state index >= 15 is 0 Å². The largest absolute Gasteiger partial charge is 0.444 e. The fraction of sp³-hybridized carbons (Fsp3) is 0.320. The molecule has 0 saturated carbocycles. The lowest BCUT2D eigenvalue weighted by atomic mass is 10.1. The summed E-state index contributed by atoms with van der Waals surface area (Å²) < 4.78 is 5.14. The van der Waals surface area contributed by atoms with Crippen molar-refractivity contribution in [3.05, 3.63) is 59.4 Å². The van der Waals surface area contributed by atoms with E-state index in [9.17, 15) is 14.9 Å². The molecule has 0 saturated heterocycles. The summed E-state index contributed by atoms with van der Waals surface area (Å²) in [5, 5.41) is 18.8. The van der Waals surface area contributed by atoms with Crippen LogP contribution >= 0.6 is 0 Å². The van der Waals surface area contributed by atoms with Crippen molar-refractivity contribution in [2.24, 2.45) is 0 Å². The minimum Gasteiger partial charge on any atom is -0.444 e. The van der Waals surface area contributed by atoms with E-state index in [1.165, 1.54) is 11.9 Å². The van der Waals surface area contributed by atoms with Gasteiger partial charge in [-0.25, -0.2) is 14.8 Å². The van der Waals surface area contributed by atoms with Crippen molar-refractivity contribution in [3.63, 3.8) is 0 Å². The molecule has 1 atom stereocenters. The highest BCUT2D eigenvalue weighted by Crippen LogP contribution is 2.29. The number of aromatic nitrogens is 2. The highest BCUT2D eigenvalue weighted by molar-refractivity contribution is 5.94. The van der Waals surface area contributed by atoms with Crippen LogP contribution in [0.1, 0.15) is 37.5 Å². The van der Waals surface area contributed by atoms with E-state index in [0.29, 0.717) is 17.1 Å². The first-order valence-corrected chi connectivity index (χ1v) is 11.0. The van der Waals surface area contributed by atoms with Gasteiger partial charge in [-0.1, -0.05) is 6.07 Å². The summed E-state index contributed by atoms with van der Waals surface area (Å²) in [5.41, 5.74) is 3.70. The molecule has 0 fully saturated rings. The Hall–Kier alpha value is -4.19. The number of anilines is 2. The van der Waals surface area contributed by atoms with Gasteiger partial charge in [-0.3, -0.25) is 4.79 Å². The Morgan fingerprint density at radius 2 is 1.91 bits per heavy atom. The second-order valence-corrected chi connectivity index (χ2v) is 9.20. The topological polar surface area (TPSA) is 129 Å². The van der Waals surface area contributed by atoms with Gasteiger partial charge in [-0.15, -0.1) is 0 Å². The van der Waals surface area contributed by atoms with Crippen LogP contribution in [0.15, 0.2) is 42.7 Å². The molecule has 3 aromatic rings. The van der Waals surface area contributed by atoms with Crippen LogP contribution in [0.5, 0.6) is 0 Å². The highest BCUT2D eigenvalue weighted by atomic mass is 16.6. The zero-order valence-corrected chi connectivity index (χ0v) is 19.3. The Morgan fingerprint density at radius 1 is 1.12 bits per heavy atom. The monoisotopic (exact) mass is 458 g/mol. The Labute approximate surface area is 197 Å². The van der Waals surface area contributed by atoms with Gasteiger partial charge in [-0.05, 0) is 75.1 Å². The number of hydrogen-bond donors (Lipinski definition) is 3. The number of hydrogen-bond acceptors (Lipinski definition) is 7. The second-order valence-electron chi connectivity index (χ2n) is 9.20. The zero-order chi connectivity index (χ0) is 24.3. The van der Waals surface area contributed by atoms with E-state index in [0.717, 1.165) is 29.3 Å². The first-order chi connectivity index (χ1) is 16.2. The molecule has 3 N–H and O–H groups in total. The van der Waals surface area contributed by atoms with Gasteiger partial charge in [0.25, 0.3) is 0 Å². The maximum absolute atomic E-state index is 12.2. The normalized spacial score (nSPS) is 14.7. The molecular weight excluding hydrogens is 432 g/mol. The molecule has 34 heavy (non-hydrogen) atoms. The van der Waals surface area contributed by atoms with E-state index in [2.05, 4.69) is 32.0 Å². The first-order valence-electron chi connectivity index (χ1n) is 11.0. The molecule has 9 nitrogen and oxygen atoms in total. The standard InChI is InChI=1S/C25H26N6O3/c1-25(2,3)34-24(33)27-13-22(32)30-18-6-5-16-9-19(11-17(16)10-18)31-23-20-8-15(12-26)4-7-21(20)28-14-29-23/h4-8,10,14,19H,9,11,13H2,1-3H3,(H,27,33)(H,30,32)(H,28,29,31). The number of carbonyl (C=O) groups is 2. The minimum absolute atomic E-state index is 0.124. The predicted octanol–water partition coefficient (Wildman–Crippen LogP) is 3.54. The number of carbonyl (C=O) groups excluding carboxylic acids is 2. The number of fused-ring (bicyclic) bond motifs is 2. The van der Waals surface area contributed by atoms with Crippen LogP contribution in [-0.4, -0.2) is 40.2 Å². The van der Waals surface area contributed by atoms with Crippen molar-refractivity contribution < 1.29 is 14.3 Å². The van der Waals surface area contributed by atoms with E-state index in [-0.39, 0.29) is 18.5 Å². The van der Waals surface area contributed by atoms with Gasteiger partial charge < -0.3 is 20.7 Å². The summed E-state index contributed by atoms with van der Waals surface area (Å²) in [4.78, 5) is 32.6. The fourth-order valence-electron chi connectivity index (χ4n) is 3.90. The fourth-order valence-corrected chi connectivity index (χ4v) is 3.90. The molecule has 0 aliphatic heterocycles. The van der Waals surface area contributed by atoms with E-state index in [4.69, 9.17) is 4.74 Å². The van der Waals surface area contributed by atoms with Gasteiger partial charge in [0.1, 0.15) is 24.3 Å². The Bertz CT molecular complexity index is 1290. The summed E-state index contributed by atoms with van der Waals surface area (Å²) in [6.45, 7) is 5.10. The predicted molar refractivity (Wildman–Crippen MR) is 128 cm³/mol. The number of alkyl carbamates (subject to hydrolysis) is 1. The Balaban J connectivity index is 1.37. The molecule has 4 rings (SSSR count). The Morgan fingerprint density at radius 3 is 2.68 bits per heavy atom. The summed E-state index contributed by atoms with van der Waals surface area (Å²) in [7, 11) is 0. The molecule has 1 aliphatic carbocycles. The molecule has 1 unspecified atom stereocenters. The molecule has 2 amide bonds. The molecule has 2 aromatic carbocycles. The smallest absolute Gasteiger partial charge is 0.408 e. The third-order valence-electron chi connectivity index (χ3n) is 5.32. The Kier molecular flexibility index (Phi) is 6.32. The quantitative estimate of drug-likeness (QED) is 0.533. The van der Waals surface area contributed by atoms with Gasteiger partial charge in [0.05, 0.1) is 17.1 Å². The van der Waals surface area contributed by atoms with Crippen molar-refractivity contribution in [1.82, 2.24) is 15.3 Å². The van der Waals surface area contributed by atoms with Crippen LogP contribution in [0, 0.1) is 11.3 Å². The maximum Gasteiger partial charge on any atom is 0.408 e. The number of rotatable bonds is 5. The molecule has 1 aromatic heterocycles. The molecule has 174 valence electrons. The third kappa shape index (κ3) is 5.59. The van der Waals surface area contributed by atoms with Gasteiger partial charge >= 0.3 is 6.09 Å². The number of nitrogens with one attached hydrogen (secondary N) is 3. The number of nitriles is 1. The van der Waals surface area contributed by atoms with Crippen LogP contribution in [0.3, 0.4) is 0 Å². The van der Waals surface area contributed by atoms with Crippen molar-refractivity contribution in [2.75, 3.05) is 17.2 Å². The number of amides is 2. The molecule has 9 heteroatoms. The van der Waals surface area contributed by atoms with Gasteiger partial charge in [-0.2, -0.15) is 5.26 Å². The lowest BCUT2D eigenvalue weighted by Crippen LogP contribution is -2.37. The van der Waals surface area contributed by atoms with Crippen molar-refractivity contribution in [2.45, 2.75) is 45.3 Å². The minimum atomic E-state index is -0.635. The number of nitrogens with zero attached hydrogens (tertiary/aromatic N) is 3. The van der Waals surface area contributed by atoms with Crippen LogP contribution in [0.4, 0.5) is 16.3 Å². The summed E-state index contributed by atoms with van der Waals surface area (Å²) in [6, 6.07) is 13.4. The van der Waals surface area contributed by atoms with Gasteiger partial charge in [0.2, 0.25) is 5.91 Å². The number of ether oxygens (including phenoxy) is 1. The maximum atomic E-state index is 12.2. The molecular formula is C25H26N6O3. The van der Waals surface area contributed by atoms with Crippen LogP contribution in [-0.2, 0) is 22.4 Å². The average molecular weight is 459 g/mol. The lowest BCUT2D eigenvalue weighted by molar-refractivity contribution is -0.115. The van der Waals surface area contributed by atoms with E-state index in [1.54, 1.807) is 32.9 Å². The van der Waals surface area contributed by atoms with Gasteiger partial charge in [0, 0.05) is 17.1 Å². The number of benzene rings is 2. The zero-order valence-electron chi connectivity index (χ0n) is 19.3. The summed E-state index contributed by atoms with van der Waals surface area (Å²) in [6.07, 6.45) is 2.45. The molecule has 0 radical (unpaired) electrons. The van der Waals surface area contributed by atoms with Crippen LogP contribution in [0.25, 0.3) is 10.9 Å². The van der Waals surface area contributed by atoms with Crippen LogP contribution in [0.2, 0.25) is 0 Å². The molecule has 1 heterocycles. The van der Waals surface area contributed by atoms with Crippen LogP contribution < -0.4 is 16.0 Å². The molecule has 0 bridgehead atoms. The summed E-state index contributed by atoms with van der Waals surface area (Å²) in [5.74, 6) is 0.362. The summed E-state index contributed by atoms with van der Waals surface area (Å²) >= 11 is 0. The SMILES string of the molecule is CC(C)(C)OC(=O)NCC(=O)Nc1ccc2c(c1)CC(Nc1ncnc3ccc(C#N)cc13)C2. The van der Waals surface area contributed by atoms with E-state index in [1.807, 2.05) is 24.3 Å². The second kappa shape index (κ2) is 9.35. The first kappa shape index (κ1) is 23.0.